The summed E-state index contributed by atoms with van der Waals surface area (Å²) in [7, 11) is 0. The van der Waals surface area contributed by atoms with Crippen LogP contribution >= 0.6 is 11.3 Å². The third kappa shape index (κ3) is 3.26. The van der Waals surface area contributed by atoms with Gasteiger partial charge >= 0.3 is 0 Å². The minimum absolute atomic E-state index is 0.00976. The number of hydrogen-bond acceptors (Lipinski definition) is 4. The Bertz CT molecular complexity index is 850. The Hall–Kier alpha value is -2.21. The third-order valence-corrected chi connectivity index (χ3v) is 6.29. The molecule has 0 radical (unpaired) electrons. The first-order valence-corrected chi connectivity index (χ1v) is 10.00. The van der Waals surface area contributed by atoms with Crippen LogP contribution in [-0.2, 0) is 22.4 Å². The third-order valence-electron chi connectivity index (χ3n) is 5.21. The van der Waals surface area contributed by atoms with E-state index in [9.17, 15) is 9.59 Å². The van der Waals surface area contributed by atoms with E-state index in [0.29, 0.717) is 11.7 Å². The van der Waals surface area contributed by atoms with Crippen molar-refractivity contribution >= 4 is 34.0 Å². The summed E-state index contributed by atoms with van der Waals surface area (Å²) >= 11 is 1.58. The lowest BCUT2D eigenvalue weighted by Crippen LogP contribution is -2.28. The van der Waals surface area contributed by atoms with E-state index in [1.165, 1.54) is 23.3 Å². The minimum atomic E-state index is -0.330. The van der Waals surface area contributed by atoms with Crippen LogP contribution in [0.4, 0.5) is 10.8 Å². The predicted molar refractivity (Wildman–Crippen MR) is 104 cm³/mol. The fourth-order valence-corrected chi connectivity index (χ4v) is 4.89. The molecule has 0 saturated carbocycles. The predicted octanol–water partition coefficient (Wildman–Crippen LogP) is 3.63. The molecule has 0 spiro atoms. The van der Waals surface area contributed by atoms with E-state index in [0.717, 1.165) is 29.8 Å². The number of nitrogens with one attached hydrogen (secondary N) is 1. The maximum absolute atomic E-state index is 12.7. The molecular formula is C20H23N3O2S. The van der Waals surface area contributed by atoms with Crippen LogP contribution in [0.2, 0.25) is 0 Å². The number of amides is 2. The number of carbonyl (C=O) groups is 2. The molecule has 2 amide bonds. The molecule has 2 heterocycles. The van der Waals surface area contributed by atoms with E-state index in [4.69, 9.17) is 0 Å². The second-order valence-corrected chi connectivity index (χ2v) is 8.36. The molecule has 2 aromatic rings. The number of rotatable bonds is 3. The molecule has 2 aliphatic rings. The average Bonchev–Trinajstić information content (AvgIpc) is 3.18. The Labute approximate surface area is 157 Å². The number of anilines is 2. The number of carbonyl (C=O) groups excluding carboxylic acids is 2. The smallest absolute Gasteiger partial charge is 0.231 e. The zero-order chi connectivity index (χ0) is 18.3. The molecule has 1 aliphatic heterocycles. The van der Waals surface area contributed by atoms with Gasteiger partial charge in [0, 0.05) is 23.5 Å². The Morgan fingerprint density at radius 3 is 2.85 bits per heavy atom. The van der Waals surface area contributed by atoms with Crippen molar-refractivity contribution in [1.82, 2.24) is 4.98 Å². The summed E-state index contributed by atoms with van der Waals surface area (Å²) in [6.07, 6.45) is 4.69. The van der Waals surface area contributed by atoms with Gasteiger partial charge in [0.1, 0.15) is 0 Å². The molecule has 1 N–H and O–H groups in total. The summed E-state index contributed by atoms with van der Waals surface area (Å²) in [5.74, 6) is -0.420. The van der Waals surface area contributed by atoms with Gasteiger partial charge in [-0.15, -0.1) is 11.3 Å². The molecule has 26 heavy (non-hydrogen) atoms. The van der Waals surface area contributed by atoms with Gasteiger partial charge in [0.25, 0.3) is 0 Å². The van der Waals surface area contributed by atoms with E-state index in [1.54, 1.807) is 16.2 Å². The van der Waals surface area contributed by atoms with Crippen LogP contribution in [0.15, 0.2) is 18.2 Å². The number of benzene rings is 1. The summed E-state index contributed by atoms with van der Waals surface area (Å²) in [4.78, 5) is 32.7. The number of nitrogens with zero attached hydrogens (tertiary/aromatic N) is 2. The zero-order valence-electron chi connectivity index (χ0n) is 15.2. The lowest BCUT2D eigenvalue weighted by atomic mass is 10.0. The van der Waals surface area contributed by atoms with Crippen molar-refractivity contribution < 1.29 is 9.59 Å². The highest BCUT2D eigenvalue weighted by Crippen LogP contribution is 2.32. The van der Waals surface area contributed by atoms with Crippen molar-refractivity contribution in [3.8, 4) is 0 Å². The summed E-state index contributed by atoms with van der Waals surface area (Å²) in [6, 6.07) is 6.04. The van der Waals surface area contributed by atoms with Gasteiger partial charge < -0.3 is 10.2 Å². The second kappa shape index (κ2) is 6.83. The SMILES string of the molecule is Cc1ccc(N2CC(C(=O)Nc3nc4c(s3)CCCC4)CC2=O)c(C)c1. The van der Waals surface area contributed by atoms with Crippen LogP contribution in [0.1, 0.15) is 41.0 Å². The van der Waals surface area contributed by atoms with E-state index in [1.807, 2.05) is 26.0 Å². The number of thiazole rings is 1. The Kier molecular flexibility index (Phi) is 4.53. The molecule has 0 bridgehead atoms. The van der Waals surface area contributed by atoms with Gasteiger partial charge in [0.15, 0.2) is 5.13 Å². The number of hydrogen-bond donors (Lipinski definition) is 1. The monoisotopic (exact) mass is 369 g/mol. The van der Waals surface area contributed by atoms with Gasteiger partial charge in [-0.3, -0.25) is 9.59 Å². The highest BCUT2D eigenvalue weighted by molar-refractivity contribution is 7.15. The van der Waals surface area contributed by atoms with Crippen molar-refractivity contribution in [2.75, 3.05) is 16.8 Å². The van der Waals surface area contributed by atoms with Crippen LogP contribution < -0.4 is 10.2 Å². The molecule has 1 saturated heterocycles. The molecule has 1 aromatic carbocycles. The van der Waals surface area contributed by atoms with Gasteiger partial charge in [-0.1, -0.05) is 17.7 Å². The maximum Gasteiger partial charge on any atom is 0.231 e. The molecule has 1 unspecified atom stereocenters. The lowest BCUT2D eigenvalue weighted by Gasteiger charge is -2.19. The maximum atomic E-state index is 12.7. The van der Waals surface area contributed by atoms with Crippen LogP contribution in [0.3, 0.4) is 0 Å². The van der Waals surface area contributed by atoms with Crippen molar-refractivity contribution in [2.24, 2.45) is 5.92 Å². The Balaban J connectivity index is 1.46. The van der Waals surface area contributed by atoms with Crippen LogP contribution in [-0.4, -0.2) is 23.3 Å². The minimum Gasteiger partial charge on any atom is -0.311 e. The highest BCUT2D eigenvalue weighted by atomic mass is 32.1. The van der Waals surface area contributed by atoms with Gasteiger partial charge in [-0.2, -0.15) is 0 Å². The molecule has 1 aliphatic carbocycles. The first-order chi connectivity index (χ1) is 12.5. The van der Waals surface area contributed by atoms with Crippen molar-refractivity contribution in [2.45, 2.75) is 46.0 Å². The first kappa shape index (κ1) is 17.2. The Morgan fingerprint density at radius 1 is 1.27 bits per heavy atom. The van der Waals surface area contributed by atoms with Crippen molar-refractivity contribution in [3.63, 3.8) is 0 Å². The fourth-order valence-electron chi connectivity index (χ4n) is 3.84. The molecule has 6 heteroatoms. The van der Waals surface area contributed by atoms with Crippen LogP contribution in [0, 0.1) is 19.8 Å². The molecule has 4 rings (SSSR count). The van der Waals surface area contributed by atoms with Crippen LogP contribution in [0.25, 0.3) is 0 Å². The van der Waals surface area contributed by atoms with Gasteiger partial charge in [-0.25, -0.2) is 4.98 Å². The number of aryl methyl sites for hydroxylation is 4. The summed E-state index contributed by atoms with van der Waals surface area (Å²) in [5.41, 5.74) is 4.27. The van der Waals surface area contributed by atoms with E-state index >= 15 is 0 Å². The van der Waals surface area contributed by atoms with Crippen molar-refractivity contribution in [1.29, 1.82) is 0 Å². The summed E-state index contributed by atoms with van der Waals surface area (Å²) < 4.78 is 0. The quantitative estimate of drug-likeness (QED) is 0.899. The van der Waals surface area contributed by atoms with E-state index in [2.05, 4.69) is 16.4 Å². The standard InChI is InChI=1S/C20H23N3O2S/c1-12-7-8-16(13(2)9-12)23-11-14(10-18(23)24)19(25)22-20-21-15-5-3-4-6-17(15)26-20/h7-9,14H,3-6,10-11H2,1-2H3,(H,21,22,25). The molecule has 5 nitrogen and oxygen atoms in total. The normalized spacial score (nSPS) is 19.5. The average molecular weight is 369 g/mol. The lowest BCUT2D eigenvalue weighted by molar-refractivity contribution is -0.122. The van der Waals surface area contributed by atoms with Crippen LogP contribution in [0.5, 0.6) is 0 Å². The largest absolute Gasteiger partial charge is 0.311 e. The van der Waals surface area contributed by atoms with Gasteiger partial charge in [0.05, 0.1) is 11.6 Å². The summed E-state index contributed by atoms with van der Waals surface area (Å²) in [6.45, 7) is 4.47. The summed E-state index contributed by atoms with van der Waals surface area (Å²) in [5, 5.41) is 3.63. The Morgan fingerprint density at radius 2 is 2.08 bits per heavy atom. The molecule has 136 valence electrons. The zero-order valence-corrected chi connectivity index (χ0v) is 16.0. The first-order valence-electron chi connectivity index (χ1n) is 9.18. The molecular weight excluding hydrogens is 346 g/mol. The van der Waals surface area contributed by atoms with E-state index in [-0.39, 0.29) is 24.2 Å². The highest BCUT2D eigenvalue weighted by Gasteiger charge is 2.36. The fraction of sp³-hybridized carbons (Fsp3) is 0.450. The molecule has 1 aromatic heterocycles. The molecule has 1 atom stereocenters. The second-order valence-electron chi connectivity index (χ2n) is 7.28. The van der Waals surface area contributed by atoms with E-state index < -0.39 is 0 Å². The topological polar surface area (TPSA) is 62.3 Å². The molecule has 1 fully saturated rings. The number of fused-ring (bicyclic) bond motifs is 1. The van der Waals surface area contributed by atoms with Gasteiger partial charge in [-0.05, 0) is 51.2 Å². The number of aromatic nitrogens is 1. The van der Waals surface area contributed by atoms with Crippen molar-refractivity contribution in [3.05, 3.63) is 39.9 Å². The van der Waals surface area contributed by atoms with Gasteiger partial charge in [0.2, 0.25) is 11.8 Å².